The first-order valence-corrected chi connectivity index (χ1v) is 9.37. The second-order valence-electron chi connectivity index (χ2n) is 6.12. The maximum Gasteiger partial charge on any atom is 0.243 e. The molecule has 130 valence electrons. The highest BCUT2D eigenvalue weighted by atomic mass is 32.2. The maximum absolute atomic E-state index is 13.0. The van der Waals surface area contributed by atoms with Gasteiger partial charge in [0.1, 0.15) is 5.75 Å². The average Bonchev–Trinajstić information content (AvgIpc) is 2.51. The summed E-state index contributed by atoms with van der Waals surface area (Å²) in [6, 6.07) is 11.5. The largest absolute Gasteiger partial charge is 0.496 e. The van der Waals surface area contributed by atoms with Crippen molar-refractivity contribution in [3.63, 3.8) is 0 Å². The van der Waals surface area contributed by atoms with E-state index >= 15 is 0 Å². The fraction of sp³-hybridized carbons (Fsp3) is 0.368. The molecule has 0 spiro atoms. The minimum Gasteiger partial charge on any atom is -0.496 e. The van der Waals surface area contributed by atoms with Gasteiger partial charge in [-0.2, -0.15) is 0 Å². The van der Waals surface area contributed by atoms with Gasteiger partial charge in [-0.05, 0) is 49.9 Å². The molecule has 4 nitrogen and oxygen atoms in total. The topological polar surface area (TPSA) is 46.6 Å². The molecule has 0 aromatic heterocycles. The van der Waals surface area contributed by atoms with Crippen LogP contribution < -0.4 is 4.74 Å². The average molecular weight is 347 g/mol. The van der Waals surface area contributed by atoms with Crippen LogP contribution in [0.1, 0.15) is 22.3 Å². The standard InChI is InChI=1S/C19H25NO3S/c1-14-12-15(2)19(16(3)13-14)24(21,22)20(4)11-10-17-8-6-7-9-18(17)23-5/h6-9,12-13H,10-11H2,1-5H3. The Labute approximate surface area is 145 Å². The van der Waals surface area contributed by atoms with Crippen molar-refractivity contribution in [3.8, 4) is 5.75 Å². The number of benzene rings is 2. The third-order valence-electron chi connectivity index (χ3n) is 4.16. The van der Waals surface area contributed by atoms with Crippen LogP contribution in [0.2, 0.25) is 0 Å². The molecule has 0 amide bonds. The smallest absolute Gasteiger partial charge is 0.243 e. The van der Waals surface area contributed by atoms with Crippen molar-refractivity contribution < 1.29 is 13.2 Å². The summed E-state index contributed by atoms with van der Waals surface area (Å²) in [5.41, 5.74) is 3.65. The Morgan fingerprint density at radius 1 is 1.04 bits per heavy atom. The molecular weight excluding hydrogens is 322 g/mol. The van der Waals surface area contributed by atoms with E-state index in [2.05, 4.69) is 0 Å². The number of likely N-dealkylation sites (N-methyl/N-ethyl adjacent to an activating group) is 1. The molecule has 0 radical (unpaired) electrons. The van der Waals surface area contributed by atoms with Gasteiger partial charge in [-0.15, -0.1) is 0 Å². The van der Waals surface area contributed by atoms with E-state index in [1.54, 1.807) is 14.2 Å². The van der Waals surface area contributed by atoms with Crippen molar-refractivity contribution in [2.75, 3.05) is 20.7 Å². The van der Waals surface area contributed by atoms with Crippen LogP contribution in [0.5, 0.6) is 5.75 Å². The monoisotopic (exact) mass is 347 g/mol. The van der Waals surface area contributed by atoms with Gasteiger partial charge < -0.3 is 4.74 Å². The number of sulfonamides is 1. The number of hydrogen-bond acceptors (Lipinski definition) is 3. The van der Waals surface area contributed by atoms with E-state index in [0.717, 1.165) is 28.0 Å². The highest BCUT2D eigenvalue weighted by Crippen LogP contribution is 2.25. The van der Waals surface area contributed by atoms with Crippen molar-refractivity contribution in [1.82, 2.24) is 4.31 Å². The number of rotatable bonds is 6. The number of para-hydroxylation sites is 1. The van der Waals surface area contributed by atoms with Gasteiger partial charge in [-0.25, -0.2) is 12.7 Å². The second kappa shape index (κ2) is 7.36. The molecule has 0 aliphatic heterocycles. The first-order chi connectivity index (χ1) is 11.3. The van der Waals surface area contributed by atoms with Crippen LogP contribution in [0.25, 0.3) is 0 Å². The fourth-order valence-electron chi connectivity index (χ4n) is 3.04. The summed E-state index contributed by atoms with van der Waals surface area (Å²) in [4.78, 5) is 0.413. The lowest BCUT2D eigenvalue weighted by Crippen LogP contribution is -2.30. The second-order valence-corrected chi connectivity index (χ2v) is 8.10. The molecule has 0 saturated heterocycles. The molecule has 0 saturated carbocycles. The van der Waals surface area contributed by atoms with Gasteiger partial charge in [0.25, 0.3) is 0 Å². The van der Waals surface area contributed by atoms with Gasteiger partial charge in [-0.1, -0.05) is 35.9 Å². The van der Waals surface area contributed by atoms with Crippen molar-refractivity contribution in [3.05, 3.63) is 58.7 Å². The minimum atomic E-state index is -3.51. The Kier molecular flexibility index (Phi) is 5.67. The van der Waals surface area contributed by atoms with Gasteiger partial charge in [-0.3, -0.25) is 0 Å². The molecule has 5 heteroatoms. The molecule has 0 atom stereocenters. The number of methoxy groups -OCH3 is 1. The summed E-state index contributed by atoms with van der Waals surface area (Å²) in [6.45, 7) is 6.07. The van der Waals surface area contributed by atoms with Crippen LogP contribution in [-0.4, -0.2) is 33.4 Å². The van der Waals surface area contributed by atoms with E-state index in [9.17, 15) is 8.42 Å². The van der Waals surface area contributed by atoms with Crippen molar-refractivity contribution in [2.45, 2.75) is 32.1 Å². The Morgan fingerprint density at radius 3 is 2.21 bits per heavy atom. The van der Waals surface area contributed by atoms with Crippen LogP contribution in [0.3, 0.4) is 0 Å². The molecule has 0 unspecified atom stereocenters. The third-order valence-corrected chi connectivity index (χ3v) is 6.32. The molecule has 0 aliphatic rings. The zero-order valence-electron chi connectivity index (χ0n) is 15.0. The molecule has 0 N–H and O–H groups in total. The zero-order chi connectivity index (χ0) is 17.9. The van der Waals surface area contributed by atoms with Crippen molar-refractivity contribution >= 4 is 10.0 Å². The summed E-state index contributed by atoms with van der Waals surface area (Å²) in [7, 11) is -0.263. The number of hydrogen-bond donors (Lipinski definition) is 0. The number of aryl methyl sites for hydroxylation is 3. The lowest BCUT2D eigenvalue weighted by atomic mass is 10.1. The van der Waals surface area contributed by atoms with E-state index < -0.39 is 10.0 Å². The third kappa shape index (κ3) is 3.79. The van der Waals surface area contributed by atoms with Gasteiger partial charge in [0.05, 0.1) is 12.0 Å². The van der Waals surface area contributed by atoms with Crippen molar-refractivity contribution in [2.24, 2.45) is 0 Å². The van der Waals surface area contributed by atoms with E-state index in [0.29, 0.717) is 17.9 Å². The summed E-state index contributed by atoms with van der Waals surface area (Å²) < 4.78 is 32.7. The SMILES string of the molecule is COc1ccccc1CCN(C)S(=O)(=O)c1c(C)cc(C)cc1C. The van der Waals surface area contributed by atoms with Crippen molar-refractivity contribution in [1.29, 1.82) is 0 Å². The highest BCUT2D eigenvalue weighted by Gasteiger charge is 2.25. The zero-order valence-corrected chi connectivity index (χ0v) is 15.8. The highest BCUT2D eigenvalue weighted by molar-refractivity contribution is 7.89. The molecule has 2 aromatic carbocycles. The molecule has 2 rings (SSSR count). The van der Waals surface area contributed by atoms with E-state index in [-0.39, 0.29) is 0 Å². The summed E-state index contributed by atoms with van der Waals surface area (Å²) in [5, 5.41) is 0. The fourth-order valence-corrected chi connectivity index (χ4v) is 4.61. The summed E-state index contributed by atoms with van der Waals surface area (Å²) in [6.07, 6.45) is 0.601. The summed E-state index contributed by atoms with van der Waals surface area (Å²) >= 11 is 0. The Hall–Kier alpha value is -1.85. The Balaban J connectivity index is 2.24. The van der Waals surface area contributed by atoms with Crippen LogP contribution in [0, 0.1) is 20.8 Å². The van der Waals surface area contributed by atoms with Crippen LogP contribution >= 0.6 is 0 Å². The van der Waals surface area contributed by atoms with Gasteiger partial charge >= 0.3 is 0 Å². The normalized spacial score (nSPS) is 11.8. The van der Waals surface area contributed by atoms with Crippen LogP contribution in [0.4, 0.5) is 0 Å². The van der Waals surface area contributed by atoms with E-state index in [4.69, 9.17) is 4.74 Å². The minimum absolute atomic E-state index is 0.398. The molecule has 0 heterocycles. The van der Waals surface area contributed by atoms with Crippen LogP contribution in [0.15, 0.2) is 41.3 Å². The molecule has 2 aromatic rings. The molecule has 0 bridgehead atoms. The molecule has 0 fully saturated rings. The number of ether oxygens (including phenoxy) is 1. The van der Waals surface area contributed by atoms with E-state index in [1.807, 2.05) is 57.2 Å². The molecule has 24 heavy (non-hydrogen) atoms. The lowest BCUT2D eigenvalue weighted by Gasteiger charge is -2.21. The van der Waals surface area contributed by atoms with Gasteiger partial charge in [0.2, 0.25) is 10.0 Å². The number of nitrogens with zero attached hydrogens (tertiary/aromatic N) is 1. The molecule has 0 aliphatic carbocycles. The van der Waals surface area contributed by atoms with Crippen LogP contribution in [-0.2, 0) is 16.4 Å². The van der Waals surface area contributed by atoms with Gasteiger partial charge in [0, 0.05) is 13.6 Å². The maximum atomic E-state index is 13.0. The van der Waals surface area contributed by atoms with E-state index in [1.165, 1.54) is 4.31 Å². The predicted octanol–water partition coefficient (Wildman–Crippen LogP) is 3.48. The quantitative estimate of drug-likeness (QED) is 0.804. The predicted molar refractivity (Wildman–Crippen MR) is 97.2 cm³/mol. The Bertz CT molecular complexity index is 805. The van der Waals surface area contributed by atoms with Gasteiger partial charge in [0.15, 0.2) is 0 Å². The molecular formula is C19H25NO3S. The Morgan fingerprint density at radius 2 is 1.62 bits per heavy atom. The lowest BCUT2D eigenvalue weighted by molar-refractivity contribution is 0.405. The first-order valence-electron chi connectivity index (χ1n) is 7.93. The first kappa shape index (κ1) is 18.5. The summed E-state index contributed by atoms with van der Waals surface area (Å²) in [5.74, 6) is 0.783.